The highest BCUT2D eigenvalue weighted by Crippen LogP contribution is 2.13. The van der Waals surface area contributed by atoms with Crippen LogP contribution in [-0.2, 0) is 10.0 Å². The van der Waals surface area contributed by atoms with Crippen LogP contribution in [0.5, 0.6) is 0 Å². The molecule has 0 spiro atoms. The second-order valence-corrected chi connectivity index (χ2v) is 4.43. The number of carboxylic acid groups (broad SMARTS) is 1. The zero-order valence-corrected chi connectivity index (χ0v) is 8.82. The van der Waals surface area contributed by atoms with Crippen LogP contribution < -0.4 is 4.72 Å². The van der Waals surface area contributed by atoms with Crippen LogP contribution in [0.25, 0.3) is 0 Å². The lowest BCUT2D eigenvalue weighted by atomic mass is 10.5. The average molecular weight is 244 g/mol. The van der Waals surface area contributed by atoms with Crippen LogP contribution in [0.4, 0.5) is 0 Å². The smallest absolute Gasteiger partial charge is 0.371 e. The molecule has 7 nitrogen and oxygen atoms in total. The van der Waals surface area contributed by atoms with E-state index in [1.807, 2.05) is 0 Å². The number of aromatic carboxylic acids is 1. The Morgan fingerprint density at radius 1 is 1.56 bits per heavy atom. The highest BCUT2D eigenvalue weighted by molar-refractivity contribution is 7.89. The van der Waals surface area contributed by atoms with Gasteiger partial charge in [0.05, 0.1) is 6.07 Å². The molecule has 0 atom stereocenters. The van der Waals surface area contributed by atoms with Gasteiger partial charge >= 0.3 is 5.97 Å². The van der Waals surface area contributed by atoms with Crippen molar-refractivity contribution < 1.29 is 22.7 Å². The molecular formula is C8H8N2O5S. The van der Waals surface area contributed by atoms with Gasteiger partial charge in [-0.3, -0.25) is 0 Å². The number of nitrogens with one attached hydrogen (secondary N) is 1. The Balaban J connectivity index is 2.83. The fourth-order valence-electron chi connectivity index (χ4n) is 0.892. The molecule has 0 aromatic carbocycles. The Morgan fingerprint density at radius 2 is 2.25 bits per heavy atom. The Bertz CT molecular complexity index is 525. The molecule has 1 aromatic heterocycles. The first-order valence-electron chi connectivity index (χ1n) is 4.17. The van der Waals surface area contributed by atoms with Crippen molar-refractivity contribution in [1.82, 2.24) is 4.72 Å². The maximum absolute atomic E-state index is 11.4. The molecule has 0 saturated heterocycles. The Morgan fingerprint density at radius 3 is 2.75 bits per heavy atom. The summed E-state index contributed by atoms with van der Waals surface area (Å²) in [6.45, 7) is -0.0536. The van der Waals surface area contributed by atoms with E-state index in [-0.39, 0.29) is 13.0 Å². The fraction of sp³-hybridized carbons (Fsp3) is 0.250. The zero-order chi connectivity index (χ0) is 12.2. The van der Waals surface area contributed by atoms with Gasteiger partial charge < -0.3 is 9.52 Å². The van der Waals surface area contributed by atoms with Crippen molar-refractivity contribution in [3.8, 4) is 6.07 Å². The minimum atomic E-state index is -3.88. The molecule has 0 amide bonds. The van der Waals surface area contributed by atoms with Crippen molar-refractivity contribution in [3.05, 3.63) is 17.9 Å². The summed E-state index contributed by atoms with van der Waals surface area (Å²) in [5.74, 6) is -1.81. The van der Waals surface area contributed by atoms with Gasteiger partial charge in [-0.25, -0.2) is 17.9 Å². The van der Waals surface area contributed by atoms with Crippen molar-refractivity contribution in [2.45, 2.75) is 11.5 Å². The quantitative estimate of drug-likeness (QED) is 0.712. The Hall–Kier alpha value is -1.85. The molecule has 86 valence electrons. The SMILES string of the molecule is N#CCCNS(=O)(=O)c1ccc(C(=O)O)o1. The molecule has 16 heavy (non-hydrogen) atoms. The number of rotatable bonds is 5. The van der Waals surface area contributed by atoms with Gasteiger partial charge in [0, 0.05) is 13.0 Å². The highest BCUT2D eigenvalue weighted by atomic mass is 32.2. The van der Waals surface area contributed by atoms with E-state index in [1.165, 1.54) is 0 Å². The van der Waals surface area contributed by atoms with Gasteiger partial charge in [-0.1, -0.05) is 0 Å². The minimum Gasteiger partial charge on any atom is -0.475 e. The summed E-state index contributed by atoms with van der Waals surface area (Å²) >= 11 is 0. The second kappa shape index (κ2) is 4.78. The van der Waals surface area contributed by atoms with Crippen molar-refractivity contribution >= 4 is 16.0 Å². The summed E-state index contributed by atoms with van der Waals surface area (Å²) in [4.78, 5) is 10.4. The Kier molecular flexibility index (Phi) is 3.65. The molecule has 0 unspecified atom stereocenters. The van der Waals surface area contributed by atoms with E-state index in [2.05, 4.69) is 9.14 Å². The number of sulfonamides is 1. The van der Waals surface area contributed by atoms with Crippen molar-refractivity contribution in [2.24, 2.45) is 0 Å². The molecular weight excluding hydrogens is 236 g/mol. The number of hydrogen-bond donors (Lipinski definition) is 2. The van der Waals surface area contributed by atoms with Crippen molar-refractivity contribution in [3.63, 3.8) is 0 Å². The monoisotopic (exact) mass is 244 g/mol. The standard InChI is InChI=1S/C8H8N2O5S/c9-4-1-5-10-16(13,14)7-3-2-6(15-7)8(11)12/h2-3,10H,1,5H2,(H,11,12). The first-order chi connectivity index (χ1) is 7.47. The van der Waals surface area contributed by atoms with Crippen LogP contribution in [0.3, 0.4) is 0 Å². The third-order valence-corrected chi connectivity index (χ3v) is 2.92. The minimum absolute atomic E-state index is 0.0196. The molecule has 1 heterocycles. The third-order valence-electron chi connectivity index (χ3n) is 1.59. The molecule has 0 aliphatic rings. The molecule has 1 aromatic rings. The molecule has 1 rings (SSSR count). The van der Waals surface area contributed by atoms with Crippen LogP contribution in [0.1, 0.15) is 17.0 Å². The molecule has 0 saturated carbocycles. The largest absolute Gasteiger partial charge is 0.475 e. The molecule has 2 N–H and O–H groups in total. The Labute approximate surface area is 91.3 Å². The normalized spacial score (nSPS) is 10.9. The predicted octanol–water partition coefficient (Wildman–Crippen LogP) is 0.170. The van der Waals surface area contributed by atoms with Crippen LogP contribution in [-0.4, -0.2) is 26.0 Å². The summed E-state index contributed by atoms with van der Waals surface area (Å²) in [6.07, 6.45) is 0.0196. The summed E-state index contributed by atoms with van der Waals surface area (Å²) < 4.78 is 29.6. The predicted molar refractivity (Wildman–Crippen MR) is 51.1 cm³/mol. The third kappa shape index (κ3) is 2.82. The number of carboxylic acids is 1. The van der Waals surface area contributed by atoms with Gasteiger partial charge in [0.25, 0.3) is 10.0 Å². The highest BCUT2D eigenvalue weighted by Gasteiger charge is 2.20. The maximum Gasteiger partial charge on any atom is 0.371 e. The van der Waals surface area contributed by atoms with Gasteiger partial charge in [-0.15, -0.1) is 0 Å². The van der Waals surface area contributed by atoms with Crippen molar-refractivity contribution in [2.75, 3.05) is 6.54 Å². The van der Waals surface area contributed by atoms with E-state index in [1.54, 1.807) is 6.07 Å². The van der Waals surface area contributed by atoms with E-state index in [9.17, 15) is 13.2 Å². The number of nitrogens with zero attached hydrogens (tertiary/aromatic N) is 1. The first-order valence-corrected chi connectivity index (χ1v) is 5.65. The molecule has 0 fully saturated rings. The van der Waals surface area contributed by atoms with E-state index in [4.69, 9.17) is 10.4 Å². The zero-order valence-electron chi connectivity index (χ0n) is 8.00. The molecule has 0 bridgehead atoms. The first kappa shape index (κ1) is 12.2. The van der Waals surface area contributed by atoms with Crippen LogP contribution >= 0.6 is 0 Å². The topological polar surface area (TPSA) is 120 Å². The summed E-state index contributed by atoms with van der Waals surface area (Å²) in [5, 5.41) is 16.3. The molecule has 8 heteroatoms. The van der Waals surface area contributed by atoms with Crippen molar-refractivity contribution in [1.29, 1.82) is 5.26 Å². The number of furan rings is 1. The lowest BCUT2D eigenvalue weighted by molar-refractivity contribution is 0.0656. The van der Waals surface area contributed by atoms with Gasteiger partial charge in [0.1, 0.15) is 0 Å². The molecule has 0 radical (unpaired) electrons. The number of nitriles is 1. The summed E-state index contributed by atoms with van der Waals surface area (Å²) in [6, 6.07) is 3.85. The van der Waals surface area contributed by atoms with Gasteiger partial charge in [0.15, 0.2) is 0 Å². The fourth-order valence-corrected chi connectivity index (χ4v) is 1.85. The van der Waals surface area contributed by atoms with Gasteiger partial charge in [-0.05, 0) is 12.1 Å². The maximum atomic E-state index is 11.4. The summed E-state index contributed by atoms with van der Waals surface area (Å²) in [5.41, 5.74) is 0. The van der Waals surface area contributed by atoms with E-state index < -0.39 is 26.8 Å². The lowest BCUT2D eigenvalue weighted by Crippen LogP contribution is -2.24. The average Bonchev–Trinajstić information content (AvgIpc) is 2.67. The number of hydrogen-bond acceptors (Lipinski definition) is 5. The lowest BCUT2D eigenvalue weighted by Gasteiger charge is -2.00. The van der Waals surface area contributed by atoms with Crippen LogP contribution in [0.2, 0.25) is 0 Å². The molecule has 0 aliphatic heterocycles. The second-order valence-electron chi connectivity index (χ2n) is 2.73. The van der Waals surface area contributed by atoms with E-state index >= 15 is 0 Å². The van der Waals surface area contributed by atoms with Gasteiger partial charge in [0.2, 0.25) is 10.9 Å². The molecule has 0 aliphatic carbocycles. The van der Waals surface area contributed by atoms with Crippen LogP contribution in [0.15, 0.2) is 21.6 Å². The van der Waals surface area contributed by atoms with Gasteiger partial charge in [-0.2, -0.15) is 5.26 Å². The van der Waals surface area contributed by atoms with E-state index in [0.717, 1.165) is 12.1 Å². The summed E-state index contributed by atoms with van der Waals surface area (Å²) in [7, 11) is -3.88. The number of carbonyl (C=O) groups is 1. The van der Waals surface area contributed by atoms with Crippen LogP contribution in [0, 0.1) is 11.3 Å². The van der Waals surface area contributed by atoms with E-state index in [0.29, 0.717) is 0 Å².